The third kappa shape index (κ3) is 4.54. The molecule has 2 N–H and O–H groups in total. The lowest BCUT2D eigenvalue weighted by molar-refractivity contribution is -0.137. The first-order chi connectivity index (χ1) is 11.5. The molecular weight excluding hydrogens is 345 g/mol. The van der Waals surface area contributed by atoms with Crippen molar-refractivity contribution in [1.29, 1.82) is 0 Å². The van der Waals surface area contributed by atoms with Crippen LogP contribution < -0.4 is 5.32 Å². The summed E-state index contributed by atoms with van der Waals surface area (Å²) in [4.78, 5) is 12.0. The molecule has 1 unspecified atom stereocenters. The second-order valence-electron chi connectivity index (χ2n) is 5.66. The minimum atomic E-state index is -4.52. The standard InChI is InChI=1S/C17H14F5NO2/c1-16(25,13-7-6-12(18)8-14(13)19)9-23-15(24)10-2-4-11(5-3-10)17(20,21)22/h2-8,25H,9H2,1H3,(H,23,24). The zero-order valence-corrected chi connectivity index (χ0v) is 13.0. The van der Waals surface area contributed by atoms with Crippen LogP contribution in [0, 0.1) is 11.6 Å². The van der Waals surface area contributed by atoms with Crippen LogP contribution in [0.25, 0.3) is 0 Å². The Labute approximate surface area is 140 Å². The SMILES string of the molecule is CC(O)(CNC(=O)c1ccc(C(F)(F)F)cc1)c1ccc(F)cc1F. The van der Waals surface area contributed by atoms with Crippen molar-refractivity contribution in [3.8, 4) is 0 Å². The van der Waals surface area contributed by atoms with Crippen LogP contribution in [0.2, 0.25) is 0 Å². The molecule has 0 aliphatic carbocycles. The largest absolute Gasteiger partial charge is 0.416 e. The molecule has 2 rings (SSSR count). The van der Waals surface area contributed by atoms with Gasteiger partial charge in [0, 0.05) is 17.2 Å². The molecule has 2 aromatic carbocycles. The van der Waals surface area contributed by atoms with Crippen LogP contribution in [0.15, 0.2) is 42.5 Å². The van der Waals surface area contributed by atoms with E-state index >= 15 is 0 Å². The molecule has 3 nitrogen and oxygen atoms in total. The molecule has 0 saturated carbocycles. The van der Waals surface area contributed by atoms with Gasteiger partial charge in [-0.2, -0.15) is 13.2 Å². The first kappa shape index (κ1) is 18.9. The fourth-order valence-corrected chi connectivity index (χ4v) is 2.19. The highest BCUT2D eigenvalue weighted by atomic mass is 19.4. The van der Waals surface area contributed by atoms with Crippen LogP contribution in [0.4, 0.5) is 22.0 Å². The van der Waals surface area contributed by atoms with Crippen LogP contribution in [-0.4, -0.2) is 17.6 Å². The van der Waals surface area contributed by atoms with E-state index in [-0.39, 0.29) is 11.1 Å². The van der Waals surface area contributed by atoms with Crippen molar-refractivity contribution >= 4 is 5.91 Å². The molecule has 0 saturated heterocycles. The van der Waals surface area contributed by atoms with Crippen molar-refractivity contribution < 1.29 is 31.9 Å². The Morgan fingerprint density at radius 3 is 2.20 bits per heavy atom. The number of hydrogen-bond donors (Lipinski definition) is 2. The van der Waals surface area contributed by atoms with Gasteiger partial charge in [-0.1, -0.05) is 6.07 Å². The normalized spacial score (nSPS) is 14.0. The fourth-order valence-electron chi connectivity index (χ4n) is 2.19. The van der Waals surface area contributed by atoms with Gasteiger partial charge in [0.2, 0.25) is 0 Å². The molecule has 0 heterocycles. The quantitative estimate of drug-likeness (QED) is 0.820. The summed E-state index contributed by atoms with van der Waals surface area (Å²) in [5.74, 6) is -2.53. The van der Waals surface area contributed by atoms with Crippen LogP contribution in [0.5, 0.6) is 0 Å². The molecule has 0 aliphatic rings. The Morgan fingerprint density at radius 2 is 1.68 bits per heavy atom. The maximum atomic E-state index is 13.7. The summed E-state index contributed by atoms with van der Waals surface area (Å²) in [6.07, 6.45) is -4.52. The number of carbonyl (C=O) groups excluding carboxylic acids is 1. The highest BCUT2D eigenvalue weighted by Crippen LogP contribution is 2.29. The van der Waals surface area contributed by atoms with Gasteiger partial charge in [0.15, 0.2) is 0 Å². The van der Waals surface area contributed by atoms with Gasteiger partial charge in [-0.25, -0.2) is 8.78 Å². The summed E-state index contributed by atoms with van der Waals surface area (Å²) in [7, 11) is 0. The van der Waals surface area contributed by atoms with E-state index in [2.05, 4.69) is 5.32 Å². The van der Waals surface area contributed by atoms with E-state index in [0.29, 0.717) is 6.07 Å². The monoisotopic (exact) mass is 359 g/mol. The predicted octanol–water partition coefficient (Wildman–Crippen LogP) is 3.62. The summed E-state index contributed by atoms with van der Waals surface area (Å²) in [5, 5.41) is 12.6. The maximum absolute atomic E-state index is 13.7. The minimum absolute atomic E-state index is 0.0524. The molecule has 1 amide bonds. The highest BCUT2D eigenvalue weighted by Gasteiger charge is 2.31. The fraction of sp³-hybridized carbons (Fsp3) is 0.235. The zero-order chi connectivity index (χ0) is 18.8. The van der Waals surface area contributed by atoms with Gasteiger partial charge in [-0.05, 0) is 37.3 Å². The van der Waals surface area contributed by atoms with E-state index < -0.39 is 41.4 Å². The van der Waals surface area contributed by atoms with Gasteiger partial charge >= 0.3 is 6.18 Å². The zero-order valence-electron chi connectivity index (χ0n) is 13.0. The number of alkyl halides is 3. The molecule has 1 atom stereocenters. The second-order valence-corrected chi connectivity index (χ2v) is 5.66. The number of hydrogen-bond acceptors (Lipinski definition) is 2. The van der Waals surface area contributed by atoms with E-state index in [9.17, 15) is 31.9 Å². The average molecular weight is 359 g/mol. The van der Waals surface area contributed by atoms with E-state index in [1.807, 2.05) is 0 Å². The summed E-state index contributed by atoms with van der Waals surface area (Å²) < 4.78 is 64.1. The van der Waals surface area contributed by atoms with Crippen LogP contribution in [-0.2, 0) is 11.8 Å². The molecule has 0 aromatic heterocycles. The molecule has 0 spiro atoms. The van der Waals surface area contributed by atoms with Gasteiger partial charge < -0.3 is 10.4 Å². The number of rotatable bonds is 4. The number of carbonyl (C=O) groups is 1. The Morgan fingerprint density at radius 1 is 1.08 bits per heavy atom. The van der Waals surface area contributed by atoms with Gasteiger partial charge in [0.1, 0.15) is 17.2 Å². The molecule has 134 valence electrons. The molecule has 0 bridgehead atoms. The van der Waals surface area contributed by atoms with Crippen molar-refractivity contribution in [2.45, 2.75) is 18.7 Å². The topological polar surface area (TPSA) is 49.3 Å². The van der Waals surface area contributed by atoms with E-state index in [0.717, 1.165) is 36.4 Å². The lowest BCUT2D eigenvalue weighted by Gasteiger charge is -2.24. The lowest BCUT2D eigenvalue weighted by atomic mass is 9.95. The molecule has 0 radical (unpaired) electrons. The molecule has 0 aliphatic heterocycles. The van der Waals surface area contributed by atoms with E-state index in [1.54, 1.807) is 0 Å². The van der Waals surface area contributed by atoms with Crippen molar-refractivity contribution in [3.05, 3.63) is 70.8 Å². The molecule has 25 heavy (non-hydrogen) atoms. The minimum Gasteiger partial charge on any atom is -0.383 e. The molecule has 8 heteroatoms. The number of aliphatic hydroxyl groups is 1. The van der Waals surface area contributed by atoms with Gasteiger partial charge in [-0.3, -0.25) is 4.79 Å². The van der Waals surface area contributed by atoms with Crippen molar-refractivity contribution in [2.75, 3.05) is 6.54 Å². The summed E-state index contributed by atoms with van der Waals surface area (Å²) in [6.45, 7) is 0.797. The van der Waals surface area contributed by atoms with Gasteiger partial charge in [0.05, 0.1) is 12.1 Å². The molecule has 2 aromatic rings. The van der Waals surface area contributed by atoms with Crippen LogP contribution >= 0.6 is 0 Å². The Kier molecular flexibility index (Phi) is 5.12. The maximum Gasteiger partial charge on any atom is 0.416 e. The number of halogens is 5. The summed E-state index contributed by atoms with van der Waals surface area (Å²) >= 11 is 0. The van der Waals surface area contributed by atoms with Crippen molar-refractivity contribution in [3.63, 3.8) is 0 Å². The Hall–Kier alpha value is -2.48. The predicted molar refractivity (Wildman–Crippen MR) is 79.7 cm³/mol. The average Bonchev–Trinajstić information content (AvgIpc) is 2.51. The van der Waals surface area contributed by atoms with Crippen LogP contribution in [0.3, 0.4) is 0 Å². The number of benzene rings is 2. The van der Waals surface area contributed by atoms with Crippen molar-refractivity contribution in [1.82, 2.24) is 5.32 Å². The van der Waals surface area contributed by atoms with Crippen LogP contribution in [0.1, 0.15) is 28.4 Å². The van der Waals surface area contributed by atoms with E-state index in [4.69, 9.17) is 0 Å². The Bertz CT molecular complexity index is 770. The molecule has 0 fully saturated rings. The highest BCUT2D eigenvalue weighted by molar-refractivity contribution is 5.94. The Balaban J connectivity index is 2.08. The summed E-state index contributed by atoms with van der Waals surface area (Å²) in [6, 6.07) is 6.11. The number of amides is 1. The number of nitrogens with one attached hydrogen (secondary N) is 1. The first-order valence-electron chi connectivity index (χ1n) is 7.14. The third-order valence-corrected chi connectivity index (χ3v) is 3.58. The van der Waals surface area contributed by atoms with Crippen molar-refractivity contribution in [2.24, 2.45) is 0 Å². The van der Waals surface area contributed by atoms with Gasteiger partial charge in [-0.15, -0.1) is 0 Å². The smallest absolute Gasteiger partial charge is 0.383 e. The van der Waals surface area contributed by atoms with Gasteiger partial charge in [0.25, 0.3) is 5.91 Å². The lowest BCUT2D eigenvalue weighted by Crippen LogP contribution is -2.39. The molecular formula is C17H14F5NO2. The third-order valence-electron chi connectivity index (χ3n) is 3.58. The van der Waals surface area contributed by atoms with E-state index in [1.165, 1.54) is 6.92 Å². The second kappa shape index (κ2) is 6.79. The summed E-state index contributed by atoms with van der Waals surface area (Å²) in [5.41, 5.74) is -3.01. The first-order valence-corrected chi connectivity index (χ1v) is 7.14.